The Balaban J connectivity index is 1.75. The van der Waals surface area contributed by atoms with Gasteiger partial charge in [-0.05, 0) is 50.3 Å². The number of anilines is 1. The molecule has 140 valence electrons. The predicted octanol–water partition coefficient (Wildman–Crippen LogP) is 3.41. The standard InChI is InChI=1S/C19H23ClN2O4/c20-14-6-7-16(15(11-14)18(24)22-8-1-2-9-22)21-17(23)12-4-3-5-13(10-12)19(25)26/h6-7,11-13H,1-5,8-10H2,(H,21,23)(H,25,26). The number of benzene rings is 1. The second-order valence-electron chi connectivity index (χ2n) is 7.08. The van der Waals surface area contributed by atoms with E-state index < -0.39 is 11.9 Å². The third kappa shape index (κ3) is 4.18. The van der Waals surface area contributed by atoms with E-state index in [1.165, 1.54) is 0 Å². The molecule has 0 aromatic heterocycles. The molecule has 1 aliphatic heterocycles. The van der Waals surface area contributed by atoms with Crippen LogP contribution in [0, 0.1) is 11.8 Å². The van der Waals surface area contributed by atoms with Gasteiger partial charge in [-0.2, -0.15) is 0 Å². The fraction of sp³-hybridized carbons (Fsp3) is 0.526. The van der Waals surface area contributed by atoms with Crippen LogP contribution >= 0.6 is 11.6 Å². The number of hydrogen-bond acceptors (Lipinski definition) is 3. The van der Waals surface area contributed by atoms with E-state index in [4.69, 9.17) is 11.6 Å². The molecule has 0 radical (unpaired) electrons. The predicted molar refractivity (Wildman–Crippen MR) is 98.3 cm³/mol. The Labute approximate surface area is 157 Å². The minimum absolute atomic E-state index is 0.132. The minimum atomic E-state index is -0.848. The van der Waals surface area contributed by atoms with E-state index in [0.29, 0.717) is 48.6 Å². The monoisotopic (exact) mass is 378 g/mol. The number of carboxylic acids is 1. The highest BCUT2D eigenvalue weighted by Gasteiger charge is 2.32. The molecule has 2 atom stereocenters. The van der Waals surface area contributed by atoms with E-state index >= 15 is 0 Å². The highest BCUT2D eigenvalue weighted by Crippen LogP contribution is 2.31. The normalized spacial score (nSPS) is 22.9. The van der Waals surface area contributed by atoms with Gasteiger partial charge in [-0.15, -0.1) is 0 Å². The van der Waals surface area contributed by atoms with Crippen LogP contribution in [-0.2, 0) is 9.59 Å². The van der Waals surface area contributed by atoms with Gasteiger partial charge < -0.3 is 15.3 Å². The average Bonchev–Trinajstić information content (AvgIpc) is 3.17. The molecule has 2 unspecified atom stereocenters. The van der Waals surface area contributed by atoms with E-state index in [0.717, 1.165) is 19.3 Å². The van der Waals surface area contributed by atoms with E-state index in [1.807, 2.05) is 0 Å². The van der Waals surface area contributed by atoms with Gasteiger partial charge in [0.1, 0.15) is 0 Å². The summed E-state index contributed by atoms with van der Waals surface area (Å²) < 4.78 is 0. The molecule has 7 heteroatoms. The number of carbonyl (C=O) groups is 3. The van der Waals surface area contributed by atoms with Crippen molar-refractivity contribution in [2.24, 2.45) is 11.8 Å². The van der Waals surface area contributed by atoms with Crippen LogP contribution in [0.4, 0.5) is 5.69 Å². The molecule has 1 saturated carbocycles. The van der Waals surface area contributed by atoms with Gasteiger partial charge in [0.15, 0.2) is 0 Å². The number of rotatable bonds is 4. The molecule has 1 saturated heterocycles. The van der Waals surface area contributed by atoms with E-state index in [9.17, 15) is 19.5 Å². The number of nitrogens with zero attached hydrogens (tertiary/aromatic N) is 1. The number of amides is 2. The maximum Gasteiger partial charge on any atom is 0.306 e. The fourth-order valence-electron chi connectivity index (χ4n) is 3.78. The summed E-state index contributed by atoms with van der Waals surface area (Å²) in [5.74, 6) is -2.04. The molecule has 2 aliphatic rings. The van der Waals surface area contributed by atoms with Gasteiger partial charge >= 0.3 is 5.97 Å². The van der Waals surface area contributed by atoms with E-state index in [2.05, 4.69) is 5.32 Å². The Bertz CT molecular complexity index is 715. The maximum atomic E-state index is 12.8. The smallest absolute Gasteiger partial charge is 0.306 e. The second-order valence-corrected chi connectivity index (χ2v) is 7.51. The molecule has 26 heavy (non-hydrogen) atoms. The number of halogens is 1. The van der Waals surface area contributed by atoms with E-state index in [-0.39, 0.29) is 17.7 Å². The van der Waals surface area contributed by atoms with Gasteiger partial charge in [0.25, 0.3) is 5.91 Å². The Hall–Kier alpha value is -2.08. The van der Waals surface area contributed by atoms with Crippen LogP contribution in [0.15, 0.2) is 18.2 Å². The number of aliphatic carboxylic acids is 1. The molecular formula is C19H23ClN2O4. The first-order valence-corrected chi connectivity index (χ1v) is 9.46. The average molecular weight is 379 g/mol. The van der Waals surface area contributed by atoms with Crippen molar-refractivity contribution in [2.75, 3.05) is 18.4 Å². The molecule has 0 bridgehead atoms. The van der Waals surface area contributed by atoms with Crippen molar-refractivity contribution in [3.63, 3.8) is 0 Å². The number of carbonyl (C=O) groups excluding carboxylic acids is 2. The number of nitrogens with one attached hydrogen (secondary N) is 1. The molecule has 1 aliphatic carbocycles. The highest BCUT2D eigenvalue weighted by molar-refractivity contribution is 6.31. The number of carboxylic acid groups (broad SMARTS) is 1. The minimum Gasteiger partial charge on any atom is -0.481 e. The van der Waals surface area contributed by atoms with Crippen molar-refractivity contribution in [2.45, 2.75) is 38.5 Å². The van der Waals surface area contributed by atoms with Crippen LogP contribution in [0.2, 0.25) is 5.02 Å². The van der Waals surface area contributed by atoms with Gasteiger partial charge in [0.2, 0.25) is 5.91 Å². The Kier molecular flexibility index (Phi) is 5.81. The summed E-state index contributed by atoms with van der Waals surface area (Å²) in [5.41, 5.74) is 0.826. The number of likely N-dealkylation sites (tertiary alicyclic amines) is 1. The molecule has 2 fully saturated rings. The Morgan fingerprint density at radius 3 is 2.46 bits per heavy atom. The first-order valence-electron chi connectivity index (χ1n) is 9.08. The van der Waals surface area contributed by atoms with Crippen LogP contribution in [0.25, 0.3) is 0 Å². The first-order chi connectivity index (χ1) is 12.5. The molecule has 1 aromatic rings. The molecule has 1 heterocycles. The third-order valence-corrected chi connectivity index (χ3v) is 5.49. The van der Waals surface area contributed by atoms with Crippen LogP contribution in [0.5, 0.6) is 0 Å². The zero-order chi connectivity index (χ0) is 18.7. The van der Waals surface area contributed by atoms with Crippen molar-refractivity contribution >= 4 is 35.1 Å². The van der Waals surface area contributed by atoms with Crippen molar-refractivity contribution in [3.05, 3.63) is 28.8 Å². The van der Waals surface area contributed by atoms with Gasteiger partial charge in [0, 0.05) is 24.0 Å². The third-order valence-electron chi connectivity index (χ3n) is 5.26. The van der Waals surface area contributed by atoms with Crippen LogP contribution in [0.1, 0.15) is 48.9 Å². The van der Waals surface area contributed by atoms with Crippen molar-refractivity contribution in [1.29, 1.82) is 0 Å². The summed E-state index contributed by atoms with van der Waals surface area (Å²) in [5, 5.41) is 12.5. The molecular weight excluding hydrogens is 356 g/mol. The molecule has 2 amide bonds. The lowest BCUT2D eigenvalue weighted by Gasteiger charge is -2.26. The zero-order valence-electron chi connectivity index (χ0n) is 14.5. The summed E-state index contributed by atoms with van der Waals surface area (Å²) in [6.45, 7) is 1.42. The summed E-state index contributed by atoms with van der Waals surface area (Å²) >= 11 is 6.06. The molecule has 6 nitrogen and oxygen atoms in total. The summed E-state index contributed by atoms with van der Waals surface area (Å²) in [4.78, 5) is 38.4. The van der Waals surface area contributed by atoms with Crippen molar-refractivity contribution in [1.82, 2.24) is 4.90 Å². The van der Waals surface area contributed by atoms with Crippen LogP contribution in [0.3, 0.4) is 0 Å². The zero-order valence-corrected chi connectivity index (χ0v) is 15.3. The molecule has 3 rings (SSSR count). The lowest BCUT2D eigenvalue weighted by molar-refractivity contribution is -0.143. The molecule has 1 aromatic carbocycles. The topological polar surface area (TPSA) is 86.7 Å². The summed E-state index contributed by atoms with van der Waals surface area (Å²) in [6.07, 6.45) is 4.29. The highest BCUT2D eigenvalue weighted by atomic mass is 35.5. The van der Waals surface area contributed by atoms with Crippen LogP contribution in [-0.4, -0.2) is 40.9 Å². The second kappa shape index (κ2) is 8.08. The Morgan fingerprint density at radius 2 is 1.77 bits per heavy atom. The van der Waals surface area contributed by atoms with Crippen molar-refractivity contribution in [3.8, 4) is 0 Å². The quantitative estimate of drug-likeness (QED) is 0.840. The summed E-state index contributed by atoms with van der Waals surface area (Å²) in [6, 6.07) is 4.86. The van der Waals surface area contributed by atoms with Gasteiger partial charge in [-0.1, -0.05) is 18.0 Å². The van der Waals surface area contributed by atoms with Crippen molar-refractivity contribution < 1.29 is 19.5 Å². The van der Waals surface area contributed by atoms with Gasteiger partial charge in [0.05, 0.1) is 17.2 Å². The van der Waals surface area contributed by atoms with Crippen LogP contribution < -0.4 is 5.32 Å². The maximum absolute atomic E-state index is 12.8. The summed E-state index contributed by atoms with van der Waals surface area (Å²) in [7, 11) is 0. The molecule has 0 spiro atoms. The Morgan fingerprint density at radius 1 is 1.08 bits per heavy atom. The molecule has 2 N–H and O–H groups in total. The lowest BCUT2D eigenvalue weighted by Crippen LogP contribution is -2.32. The SMILES string of the molecule is O=C(O)C1CCCC(C(=O)Nc2ccc(Cl)cc2C(=O)N2CCCC2)C1. The fourth-order valence-corrected chi connectivity index (χ4v) is 3.95. The van der Waals surface area contributed by atoms with Gasteiger partial charge in [-0.3, -0.25) is 14.4 Å². The first kappa shape index (κ1) is 18.7. The largest absolute Gasteiger partial charge is 0.481 e. The van der Waals surface area contributed by atoms with Gasteiger partial charge in [-0.25, -0.2) is 0 Å². The number of hydrogen-bond donors (Lipinski definition) is 2. The van der Waals surface area contributed by atoms with E-state index in [1.54, 1.807) is 23.1 Å². The lowest BCUT2D eigenvalue weighted by atomic mass is 9.81.